The van der Waals surface area contributed by atoms with Crippen molar-refractivity contribution in [3.63, 3.8) is 0 Å². The van der Waals surface area contributed by atoms with Crippen molar-refractivity contribution in [3.05, 3.63) is 0 Å². The Morgan fingerprint density at radius 3 is 1.49 bits per heavy atom. The van der Waals surface area contributed by atoms with Crippen LogP contribution in [0, 0.1) is 0 Å². The van der Waals surface area contributed by atoms with Crippen LogP contribution < -0.4 is 26.6 Å². The molecule has 0 saturated carbocycles. The van der Waals surface area contributed by atoms with Gasteiger partial charge in [0.25, 0.3) is 0 Å². The van der Waals surface area contributed by atoms with Crippen LogP contribution in [0.3, 0.4) is 0 Å². The molecule has 12 heteroatoms. The first-order valence-corrected chi connectivity index (χ1v) is 19.4. The zero-order chi connectivity index (χ0) is 36.6. The highest BCUT2D eigenvalue weighted by Crippen LogP contribution is 2.12. The number of rotatable bonds is 28. The number of amides is 5. The van der Waals surface area contributed by atoms with Crippen molar-refractivity contribution in [2.75, 3.05) is 19.6 Å². The number of hydrogen-bond acceptors (Lipinski definition) is 5. The molecule has 0 aliphatic heterocycles. The maximum absolute atomic E-state index is 13.1. The summed E-state index contributed by atoms with van der Waals surface area (Å²) in [5.74, 6) is -0.526. The lowest BCUT2D eigenvalue weighted by atomic mass is 10.1. The molecule has 0 radical (unpaired) electrons. The minimum absolute atomic E-state index is 0.200. The number of nitrogens with one attached hydrogen (secondary N) is 5. The summed E-state index contributed by atoms with van der Waals surface area (Å²) in [6.45, 7) is 10.8. The summed E-state index contributed by atoms with van der Waals surface area (Å²) in [6.07, 6.45) is 22.6. The quantitative estimate of drug-likeness (QED) is 0.0270. The normalized spacial score (nSPS) is 12.2. The average Bonchev–Trinajstić information content (AvgIpc) is 3.02. The van der Waals surface area contributed by atoms with Crippen molar-refractivity contribution in [1.29, 1.82) is 0 Å². The molecule has 286 valence electrons. The van der Waals surface area contributed by atoms with Crippen LogP contribution in [0.25, 0.3) is 0 Å². The van der Waals surface area contributed by atoms with Crippen molar-refractivity contribution in [2.24, 2.45) is 4.99 Å². The maximum atomic E-state index is 13.1. The third-order valence-corrected chi connectivity index (χ3v) is 8.06. The third-order valence-electron chi connectivity index (χ3n) is 8.06. The van der Waals surface area contributed by atoms with E-state index in [9.17, 15) is 19.2 Å². The van der Waals surface area contributed by atoms with Crippen molar-refractivity contribution >= 4 is 30.1 Å². The second kappa shape index (κ2) is 31.0. The van der Waals surface area contributed by atoms with E-state index in [1.165, 1.54) is 89.9 Å². The monoisotopic (exact) mass is 697 g/mol. The van der Waals surface area contributed by atoms with Gasteiger partial charge in [0.2, 0.25) is 11.9 Å². The molecule has 0 aliphatic carbocycles. The number of unbranched alkanes of at least 4 members (excludes halogenated alkanes) is 18. The van der Waals surface area contributed by atoms with Crippen LogP contribution in [0.5, 0.6) is 0 Å². The van der Waals surface area contributed by atoms with E-state index in [1.807, 2.05) is 0 Å². The molecule has 0 saturated heterocycles. The fourth-order valence-corrected chi connectivity index (χ4v) is 5.36. The van der Waals surface area contributed by atoms with Gasteiger partial charge in [0.05, 0.1) is 0 Å². The van der Waals surface area contributed by atoms with E-state index >= 15 is 0 Å². The fourth-order valence-electron chi connectivity index (χ4n) is 5.36. The van der Waals surface area contributed by atoms with Gasteiger partial charge >= 0.3 is 18.2 Å². The number of guanidine groups is 1. The Bertz CT molecular complexity index is 908. The molecule has 0 aromatic heterocycles. The Balaban J connectivity index is 4.74. The van der Waals surface area contributed by atoms with Gasteiger partial charge in [-0.25, -0.2) is 14.4 Å². The van der Waals surface area contributed by atoms with E-state index in [0.717, 1.165) is 38.5 Å². The largest absolute Gasteiger partial charge is 0.463 e. The van der Waals surface area contributed by atoms with E-state index in [4.69, 9.17) is 9.84 Å². The van der Waals surface area contributed by atoms with E-state index < -0.39 is 23.8 Å². The van der Waals surface area contributed by atoms with Crippen LogP contribution in [0.15, 0.2) is 4.99 Å². The summed E-state index contributed by atoms with van der Waals surface area (Å²) >= 11 is 0. The zero-order valence-corrected chi connectivity index (χ0v) is 31.7. The van der Waals surface area contributed by atoms with Crippen LogP contribution in [0.1, 0.15) is 176 Å². The lowest BCUT2D eigenvalue weighted by Crippen LogP contribution is -2.50. The molecule has 0 rings (SSSR count). The van der Waals surface area contributed by atoms with Gasteiger partial charge in [-0.1, -0.05) is 129 Å². The Morgan fingerprint density at radius 1 is 0.612 bits per heavy atom. The van der Waals surface area contributed by atoms with Gasteiger partial charge in [-0.2, -0.15) is 0 Å². The Morgan fingerprint density at radius 2 is 1.04 bits per heavy atom. The fraction of sp³-hybridized carbons (Fsp3) is 0.865. The number of ether oxygens (including phenoxy) is 1. The molecule has 0 spiro atoms. The molecule has 5 amide bonds. The number of alkyl carbamates (subject to hydrolysis) is 1. The van der Waals surface area contributed by atoms with E-state index in [0.29, 0.717) is 25.9 Å². The number of carbonyl (C=O) groups is 4. The highest BCUT2D eigenvalue weighted by molar-refractivity contribution is 5.98. The highest BCUT2D eigenvalue weighted by atomic mass is 16.6. The zero-order valence-electron chi connectivity index (χ0n) is 31.7. The van der Waals surface area contributed by atoms with Gasteiger partial charge in [0.15, 0.2) is 0 Å². The predicted octanol–water partition coefficient (Wildman–Crippen LogP) is 8.54. The summed E-state index contributed by atoms with van der Waals surface area (Å²) in [7, 11) is 0. The molecular formula is C37H72N6O6. The lowest BCUT2D eigenvalue weighted by Gasteiger charge is -2.21. The van der Waals surface area contributed by atoms with Crippen LogP contribution >= 0.6 is 0 Å². The molecule has 49 heavy (non-hydrogen) atoms. The summed E-state index contributed by atoms with van der Waals surface area (Å²) < 4.78 is 5.17. The van der Waals surface area contributed by atoms with E-state index in [1.54, 1.807) is 20.8 Å². The molecule has 6 N–H and O–H groups in total. The Kier molecular flexibility index (Phi) is 29.0. The maximum Gasteiger partial charge on any atom is 0.434 e. The van der Waals surface area contributed by atoms with Crippen LogP contribution in [-0.4, -0.2) is 66.5 Å². The Hall–Kier alpha value is -3.05. The Labute approximate surface area is 297 Å². The van der Waals surface area contributed by atoms with E-state index in [-0.39, 0.29) is 24.4 Å². The summed E-state index contributed by atoms with van der Waals surface area (Å²) in [5.41, 5.74) is -0.771. The van der Waals surface area contributed by atoms with Crippen LogP contribution in [0.4, 0.5) is 14.4 Å². The van der Waals surface area contributed by atoms with Crippen molar-refractivity contribution in [1.82, 2.24) is 26.6 Å². The first-order chi connectivity index (χ1) is 23.5. The molecule has 0 bridgehead atoms. The number of urea groups is 1. The van der Waals surface area contributed by atoms with Crippen molar-refractivity contribution < 1.29 is 29.0 Å². The minimum Gasteiger partial charge on any atom is -0.463 e. The molecule has 0 aromatic rings. The topological polar surface area (TPSA) is 170 Å². The minimum atomic E-state index is -1.48. The van der Waals surface area contributed by atoms with Gasteiger partial charge in [-0.15, -0.1) is 4.99 Å². The number of aliphatic imine (C=N–C) groups is 1. The molecule has 12 nitrogen and oxygen atoms in total. The first-order valence-electron chi connectivity index (χ1n) is 19.4. The molecular weight excluding hydrogens is 624 g/mol. The summed E-state index contributed by atoms with van der Waals surface area (Å²) in [6, 6.07) is -1.15. The van der Waals surface area contributed by atoms with Gasteiger partial charge < -0.3 is 31.1 Å². The van der Waals surface area contributed by atoms with Gasteiger partial charge in [0, 0.05) is 19.6 Å². The van der Waals surface area contributed by atoms with Crippen molar-refractivity contribution in [3.8, 4) is 0 Å². The molecule has 0 aromatic carbocycles. The van der Waals surface area contributed by atoms with Crippen LogP contribution in [-0.2, 0) is 9.53 Å². The van der Waals surface area contributed by atoms with Crippen molar-refractivity contribution in [2.45, 2.75) is 188 Å². The summed E-state index contributed by atoms with van der Waals surface area (Å²) in [5, 5.41) is 22.9. The number of nitrogens with zero attached hydrogens (tertiary/aromatic N) is 1. The number of carbonyl (C=O) groups excluding carboxylic acids is 3. The highest BCUT2D eigenvalue weighted by Gasteiger charge is 2.21. The third kappa shape index (κ3) is 31.9. The van der Waals surface area contributed by atoms with Crippen LogP contribution in [0.2, 0.25) is 0 Å². The van der Waals surface area contributed by atoms with Gasteiger partial charge in [-0.05, 0) is 46.5 Å². The van der Waals surface area contributed by atoms with Gasteiger partial charge in [0.1, 0.15) is 11.6 Å². The molecule has 0 heterocycles. The SMILES string of the molecule is CCCCCCCCCCCCNC(=O)NC(CCCN/C(=N\C(=O)O)NC(=O)OC(C)(C)C)C(=O)NCCCCCCCCCCCC. The standard InChI is InChI=1S/C37H72N6O6/c1-6-8-10-12-14-16-18-20-22-24-28-38-32(44)31(41-34(45)40-29-25-23-21-19-17-15-13-11-9-7-2)27-26-30-39-33(42-35(46)47)43-36(48)49-37(3,4)5/h31H,6-30H2,1-5H3,(H,38,44)(H,46,47)(H2,40,41,45)(H2,39,42,43,48). The number of carboxylic acid groups (broad SMARTS) is 1. The second-order valence-corrected chi connectivity index (χ2v) is 14.0. The van der Waals surface area contributed by atoms with Gasteiger partial charge in [-0.3, -0.25) is 10.1 Å². The predicted molar refractivity (Wildman–Crippen MR) is 199 cm³/mol. The molecule has 1 unspecified atom stereocenters. The average molecular weight is 697 g/mol. The molecule has 1 atom stereocenters. The molecule has 0 fully saturated rings. The first kappa shape index (κ1) is 46.0. The summed E-state index contributed by atoms with van der Waals surface area (Å²) in [4.78, 5) is 52.5. The number of hydrogen-bond donors (Lipinski definition) is 6. The lowest BCUT2D eigenvalue weighted by molar-refractivity contribution is -0.123. The smallest absolute Gasteiger partial charge is 0.434 e. The molecule has 0 aliphatic rings. The second-order valence-electron chi connectivity index (χ2n) is 14.0. The van der Waals surface area contributed by atoms with E-state index in [2.05, 4.69) is 45.4 Å².